The van der Waals surface area contributed by atoms with E-state index in [-0.39, 0.29) is 12.3 Å². The summed E-state index contributed by atoms with van der Waals surface area (Å²) >= 11 is 1.82. The first kappa shape index (κ1) is 33.9. The Morgan fingerprint density at radius 1 is 0.725 bits per heavy atom. The van der Waals surface area contributed by atoms with E-state index in [1.807, 2.05) is 129 Å². The third kappa shape index (κ3) is 9.36. The van der Waals surface area contributed by atoms with Crippen molar-refractivity contribution >= 4 is 19.7 Å². The van der Waals surface area contributed by atoms with Crippen molar-refractivity contribution in [3.05, 3.63) is 154 Å². The molecule has 0 saturated heterocycles. The van der Waals surface area contributed by atoms with Crippen LogP contribution in [0.1, 0.15) is 51.9 Å². The van der Waals surface area contributed by atoms with Crippen molar-refractivity contribution in [1.82, 2.24) is 0 Å². The monoisotopic (exact) mass is 662 g/mol. The maximum atomic E-state index is 13.8. The summed E-state index contributed by atoms with van der Waals surface area (Å²) in [5, 5.41) is 5.06. The van der Waals surface area contributed by atoms with E-state index in [0.29, 0.717) is 17.7 Å². The van der Waals surface area contributed by atoms with Gasteiger partial charge in [-0.05, 0) is 43.9 Å². The zero-order valence-corrected chi connectivity index (χ0v) is 26.8. The molecule has 0 heterocycles. The molecule has 4 nitrogen and oxygen atoms in total. The molecule has 0 aliphatic heterocycles. The Morgan fingerprint density at radius 2 is 1.18 bits per heavy atom. The number of rotatable bonds is 11. The van der Waals surface area contributed by atoms with Crippen LogP contribution in [0.4, 0.5) is 0 Å². The summed E-state index contributed by atoms with van der Waals surface area (Å²) in [5.74, 6) is 0. The van der Waals surface area contributed by atoms with Gasteiger partial charge in [0.05, 0.1) is 4.90 Å². The molecule has 0 N–H and O–H groups in total. The molecule has 0 spiro atoms. The number of benzene rings is 4. The van der Waals surface area contributed by atoms with Gasteiger partial charge in [-0.3, -0.25) is 0 Å². The van der Waals surface area contributed by atoms with Crippen molar-refractivity contribution in [3.63, 3.8) is 0 Å². The maximum absolute atomic E-state index is 13.8. The quantitative estimate of drug-likeness (QED) is 0.0914. The van der Waals surface area contributed by atoms with Gasteiger partial charge in [0.1, 0.15) is 10.0 Å². The number of hydrogen-bond acceptors (Lipinski definition) is 2. The van der Waals surface area contributed by atoms with Gasteiger partial charge in [0, 0.05) is 0 Å². The Labute approximate surface area is 255 Å². The van der Waals surface area contributed by atoms with Crippen LogP contribution in [0, 0.1) is 28.2 Å². The van der Waals surface area contributed by atoms with Crippen molar-refractivity contribution in [1.29, 1.82) is 0 Å². The number of halogens is 1. The molecule has 0 fully saturated rings. The van der Waals surface area contributed by atoms with Gasteiger partial charge < -0.3 is 17.5 Å². The fraction of sp³-hybridized carbons (Fsp3) is 0.242. The normalized spacial score (nSPS) is 12.4. The van der Waals surface area contributed by atoms with E-state index >= 15 is 0 Å². The fourth-order valence-corrected chi connectivity index (χ4v) is 6.50. The zero-order chi connectivity index (χ0) is 28.3. The predicted molar refractivity (Wildman–Crippen MR) is 165 cm³/mol. The molecule has 0 aliphatic carbocycles. The molecule has 7 heteroatoms. The third-order valence-corrected chi connectivity index (χ3v) is 8.15. The summed E-state index contributed by atoms with van der Waals surface area (Å²) < 4.78 is 32.2. The Balaban J connectivity index is 0.00000183. The van der Waals surface area contributed by atoms with Crippen molar-refractivity contribution < 1.29 is 25.7 Å². The topological polar surface area (TPSA) is 62.3 Å². The molecule has 0 aromatic heterocycles. The average Bonchev–Trinajstić information content (AvgIpc) is 2.94. The predicted octanol–water partition coefficient (Wildman–Crippen LogP) is 9.30. The van der Waals surface area contributed by atoms with Crippen LogP contribution in [0.15, 0.2) is 108 Å². The van der Waals surface area contributed by atoms with Crippen molar-refractivity contribution in [2.75, 3.05) is 6.54 Å². The minimum atomic E-state index is -3.95. The number of aryl methyl sites for hydroxylation is 4. The molecule has 4 aromatic rings. The van der Waals surface area contributed by atoms with E-state index in [1.54, 1.807) is 0 Å². The Hall–Kier alpha value is -2.34. The average molecular weight is 662 g/mol. The second kappa shape index (κ2) is 16.8. The molecule has 212 valence electrons. The second-order valence-electron chi connectivity index (χ2n) is 9.51. The fourth-order valence-electron chi connectivity index (χ4n) is 4.92. The van der Waals surface area contributed by atoms with Crippen LogP contribution in [0.25, 0.3) is 10.0 Å². The number of nitrogens with zero attached hydrogens (tertiary/aromatic N) is 2. The summed E-state index contributed by atoms with van der Waals surface area (Å²) in [6.07, 6.45) is 1.79. The molecular formula is C33H37ClN2O2RuS. The summed E-state index contributed by atoms with van der Waals surface area (Å²) in [4.78, 5) is 0.287. The summed E-state index contributed by atoms with van der Waals surface area (Å²) in [5.41, 5.74) is 5.50. The molecule has 0 amide bonds. The molecule has 4 rings (SSSR count). The first-order chi connectivity index (χ1) is 18.8. The summed E-state index contributed by atoms with van der Waals surface area (Å²) in [6.45, 7) is 6.25. The molecular weight excluding hydrogens is 625 g/mol. The SMILES string of the molecule is Cc1cc(C)c(S(=O)(=O)[N-][C@@H](c2ccccc2)[C@@H]([N-]CCCc2ccccc2)c2ccccc2)c(C)c1.[CH3-].[Cl][Ru+3]. The van der Waals surface area contributed by atoms with Crippen LogP contribution < -0.4 is 0 Å². The zero-order valence-electron chi connectivity index (χ0n) is 23.4. The van der Waals surface area contributed by atoms with Crippen molar-refractivity contribution in [2.24, 2.45) is 0 Å². The van der Waals surface area contributed by atoms with E-state index in [9.17, 15) is 8.42 Å². The Morgan fingerprint density at radius 3 is 1.68 bits per heavy atom. The van der Waals surface area contributed by atoms with Crippen molar-refractivity contribution in [2.45, 2.75) is 50.6 Å². The van der Waals surface area contributed by atoms with Crippen LogP contribution >= 0.6 is 9.69 Å². The van der Waals surface area contributed by atoms with Crippen LogP contribution in [0.2, 0.25) is 0 Å². The molecule has 0 bridgehead atoms. The van der Waals surface area contributed by atoms with Gasteiger partial charge in [-0.1, -0.05) is 126 Å². The molecule has 40 heavy (non-hydrogen) atoms. The third-order valence-electron chi connectivity index (χ3n) is 6.49. The van der Waals surface area contributed by atoms with Crippen LogP contribution in [-0.4, -0.2) is 15.0 Å². The van der Waals surface area contributed by atoms with Crippen LogP contribution in [0.3, 0.4) is 0 Å². The minimum absolute atomic E-state index is 0. The molecule has 0 aliphatic rings. The molecule has 2 atom stereocenters. The second-order valence-corrected chi connectivity index (χ2v) is 11.1. The van der Waals surface area contributed by atoms with E-state index in [1.165, 1.54) is 5.56 Å². The van der Waals surface area contributed by atoms with Crippen LogP contribution in [-0.2, 0) is 33.8 Å². The summed E-state index contributed by atoms with van der Waals surface area (Å²) in [6, 6.07) is 32.6. The first-order valence-corrected chi connectivity index (χ1v) is 16.5. The number of hydrogen-bond donors (Lipinski definition) is 0. The molecule has 4 aromatic carbocycles. The first-order valence-electron chi connectivity index (χ1n) is 12.8. The van der Waals surface area contributed by atoms with Gasteiger partial charge >= 0.3 is 27.0 Å². The van der Waals surface area contributed by atoms with E-state index in [0.717, 1.165) is 29.5 Å². The van der Waals surface area contributed by atoms with E-state index in [4.69, 9.17) is 5.32 Å². The standard InChI is InChI=1S/C32H34N2O2S.CH3.ClH.Ru/c1-24-22-25(2)32(26(3)23-24)37(35,36)34-31(29-19-11-6-12-20-29)30(28-17-9-5-10-18-28)33-21-13-16-27-14-7-4-8-15-27;;;/h4-12,14-15,17-20,22-23,30-31H,13,16,21H2,1-3H3;1H3;1H;/q-2;-1;;+4/p-1/t30-,31-;;;/m0.../s1. The molecule has 0 unspecified atom stereocenters. The molecule has 0 radical (unpaired) electrons. The Bertz CT molecular complexity index is 1380. The van der Waals surface area contributed by atoms with Gasteiger partial charge in [-0.15, -0.1) is 18.6 Å². The van der Waals surface area contributed by atoms with Gasteiger partial charge in [0.25, 0.3) is 0 Å². The van der Waals surface area contributed by atoms with Gasteiger partial charge in [0.2, 0.25) is 0 Å². The van der Waals surface area contributed by atoms with Gasteiger partial charge in [0.15, 0.2) is 0 Å². The number of sulfonamides is 1. The van der Waals surface area contributed by atoms with E-state index < -0.39 is 22.1 Å². The summed E-state index contributed by atoms with van der Waals surface area (Å²) in [7, 11) is 0.622. The van der Waals surface area contributed by atoms with Gasteiger partial charge in [-0.25, -0.2) is 8.42 Å². The van der Waals surface area contributed by atoms with Crippen molar-refractivity contribution in [3.8, 4) is 0 Å². The van der Waals surface area contributed by atoms with Gasteiger partial charge in [-0.2, -0.15) is 0 Å². The van der Waals surface area contributed by atoms with Crippen LogP contribution in [0.5, 0.6) is 0 Å². The Kier molecular flexibility index (Phi) is 14.2. The van der Waals surface area contributed by atoms with E-state index in [2.05, 4.69) is 26.5 Å². The molecule has 0 saturated carbocycles.